The molecule has 0 fully saturated rings. The van der Waals surface area contributed by atoms with Crippen LogP contribution in [0.4, 0.5) is 13.2 Å². The number of halogens is 3. The van der Waals surface area contributed by atoms with Crippen LogP contribution in [0.2, 0.25) is 0 Å². The number of hydrogen-bond donors (Lipinski definition) is 0. The minimum absolute atomic E-state index is 0.517. The molecule has 0 bridgehead atoms. The van der Waals surface area contributed by atoms with Crippen LogP contribution in [-0.2, 0) is 6.18 Å². The second kappa shape index (κ2) is 3.96. The van der Waals surface area contributed by atoms with Gasteiger partial charge in [0.2, 0.25) is 0 Å². The Morgan fingerprint density at radius 1 is 0.875 bits per heavy atom. The molecule has 0 aliphatic carbocycles. The van der Waals surface area contributed by atoms with E-state index in [4.69, 9.17) is 0 Å². The highest BCUT2D eigenvalue weighted by molar-refractivity contribution is 5.63. The van der Waals surface area contributed by atoms with E-state index in [9.17, 15) is 13.2 Å². The van der Waals surface area contributed by atoms with E-state index in [1.165, 1.54) is 6.20 Å². The van der Waals surface area contributed by atoms with Crippen LogP contribution < -0.4 is 0 Å². The van der Waals surface area contributed by atoms with Gasteiger partial charge in [0.1, 0.15) is 5.69 Å². The Labute approximate surface area is 90.6 Å². The van der Waals surface area contributed by atoms with Crippen molar-refractivity contribution in [3.63, 3.8) is 0 Å². The summed E-state index contributed by atoms with van der Waals surface area (Å²) in [5, 5.41) is 0. The van der Waals surface area contributed by atoms with Gasteiger partial charge in [-0.25, -0.2) is 0 Å². The molecule has 0 N–H and O–H groups in total. The molecule has 2 aromatic rings. The van der Waals surface area contributed by atoms with Crippen molar-refractivity contribution in [2.75, 3.05) is 0 Å². The van der Waals surface area contributed by atoms with Gasteiger partial charge in [-0.1, -0.05) is 30.3 Å². The Kier molecular flexibility index (Phi) is 2.64. The van der Waals surface area contributed by atoms with E-state index in [-0.39, 0.29) is 0 Å². The van der Waals surface area contributed by atoms with Crippen LogP contribution in [0.5, 0.6) is 0 Å². The minimum atomic E-state index is -4.40. The SMILES string of the molecule is FC(F)(F)c1cc(-c2ccccc2)ccn1. The van der Waals surface area contributed by atoms with E-state index < -0.39 is 11.9 Å². The average Bonchev–Trinajstić information content (AvgIpc) is 2.29. The second-order valence-corrected chi connectivity index (χ2v) is 3.29. The highest BCUT2D eigenvalue weighted by Gasteiger charge is 2.32. The zero-order valence-electron chi connectivity index (χ0n) is 8.20. The van der Waals surface area contributed by atoms with E-state index in [1.807, 2.05) is 6.07 Å². The first-order chi connectivity index (χ1) is 7.57. The molecule has 0 saturated carbocycles. The Hall–Kier alpha value is -1.84. The molecular weight excluding hydrogens is 215 g/mol. The number of rotatable bonds is 1. The van der Waals surface area contributed by atoms with Gasteiger partial charge in [-0.2, -0.15) is 13.2 Å². The van der Waals surface area contributed by atoms with Crippen LogP contribution in [0, 0.1) is 0 Å². The predicted octanol–water partition coefficient (Wildman–Crippen LogP) is 3.77. The highest BCUT2D eigenvalue weighted by Crippen LogP contribution is 2.30. The van der Waals surface area contributed by atoms with Gasteiger partial charge in [0.05, 0.1) is 0 Å². The molecule has 82 valence electrons. The van der Waals surface area contributed by atoms with Gasteiger partial charge >= 0.3 is 6.18 Å². The Morgan fingerprint density at radius 2 is 1.56 bits per heavy atom. The fourth-order valence-electron chi connectivity index (χ4n) is 1.40. The number of benzene rings is 1. The maximum Gasteiger partial charge on any atom is 0.433 e. The molecule has 1 aromatic heterocycles. The van der Waals surface area contributed by atoms with Gasteiger partial charge in [0, 0.05) is 6.20 Å². The van der Waals surface area contributed by atoms with Crippen LogP contribution in [0.25, 0.3) is 11.1 Å². The molecule has 1 aromatic carbocycles. The first-order valence-corrected chi connectivity index (χ1v) is 4.66. The molecule has 16 heavy (non-hydrogen) atoms. The lowest BCUT2D eigenvalue weighted by atomic mass is 10.1. The Balaban J connectivity index is 2.45. The fraction of sp³-hybridized carbons (Fsp3) is 0.0833. The molecule has 2 rings (SSSR count). The molecular formula is C12H8F3N. The summed E-state index contributed by atoms with van der Waals surface area (Å²) in [5.41, 5.74) is 0.396. The highest BCUT2D eigenvalue weighted by atomic mass is 19.4. The first-order valence-electron chi connectivity index (χ1n) is 4.66. The zero-order valence-corrected chi connectivity index (χ0v) is 8.20. The quantitative estimate of drug-likeness (QED) is 0.717. The van der Waals surface area contributed by atoms with E-state index >= 15 is 0 Å². The summed E-state index contributed by atoms with van der Waals surface area (Å²) < 4.78 is 37.3. The average molecular weight is 223 g/mol. The zero-order chi connectivity index (χ0) is 11.6. The molecule has 1 nitrogen and oxygen atoms in total. The van der Waals surface area contributed by atoms with Crippen molar-refractivity contribution in [2.45, 2.75) is 6.18 Å². The summed E-state index contributed by atoms with van der Waals surface area (Å²) in [6, 6.07) is 11.5. The second-order valence-electron chi connectivity index (χ2n) is 3.29. The maximum absolute atomic E-state index is 12.4. The molecule has 0 saturated heterocycles. The molecule has 0 aliphatic heterocycles. The molecule has 0 aliphatic rings. The lowest BCUT2D eigenvalue weighted by molar-refractivity contribution is -0.141. The molecule has 0 atom stereocenters. The summed E-state index contributed by atoms with van der Waals surface area (Å²) in [6.07, 6.45) is -3.23. The third-order valence-corrected chi connectivity index (χ3v) is 2.16. The molecule has 0 spiro atoms. The third kappa shape index (κ3) is 2.21. The van der Waals surface area contributed by atoms with Gasteiger partial charge in [-0.3, -0.25) is 4.98 Å². The number of hydrogen-bond acceptors (Lipinski definition) is 1. The van der Waals surface area contributed by atoms with Crippen LogP contribution >= 0.6 is 0 Å². The van der Waals surface area contributed by atoms with Crippen molar-refractivity contribution in [3.05, 3.63) is 54.4 Å². The van der Waals surface area contributed by atoms with Crippen molar-refractivity contribution >= 4 is 0 Å². The van der Waals surface area contributed by atoms with Gasteiger partial charge in [-0.05, 0) is 23.3 Å². The number of nitrogens with zero attached hydrogens (tertiary/aromatic N) is 1. The molecule has 0 unspecified atom stereocenters. The minimum Gasteiger partial charge on any atom is -0.252 e. The fourth-order valence-corrected chi connectivity index (χ4v) is 1.40. The van der Waals surface area contributed by atoms with Gasteiger partial charge in [-0.15, -0.1) is 0 Å². The van der Waals surface area contributed by atoms with E-state index in [1.54, 1.807) is 30.3 Å². The van der Waals surface area contributed by atoms with Crippen LogP contribution in [-0.4, -0.2) is 4.98 Å². The van der Waals surface area contributed by atoms with E-state index in [0.29, 0.717) is 5.56 Å². The van der Waals surface area contributed by atoms with Gasteiger partial charge in [0.25, 0.3) is 0 Å². The maximum atomic E-state index is 12.4. The topological polar surface area (TPSA) is 12.9 Å². The monoisotopic (exact) mass is 223 g/mol. The van der Waals surface area contributed by atoms with Crippen LogP contribution in [0.15, 0.2) is 48.7 Å². The lowest BCUT2D eigenvalue weighted by Gasteiger charge is -2.07. The van der Waals surface area contributed by atoms with Crippen molar-refractivity contribution in [3.8, 4) is 11.1 Å². The predicted molar refractivity (Wildman–Crippen MR) is 54.7 cm³/mol. The van der Waals surface area contributed by atoms with E-state index in [2.05, 4.69) is 4.98 Å². The first kappa shape index (κ1) is 10.7. The number of alkyl halides is 3. The van der Waals surface area contributed by atoms with Crippen LogP contribution in [0.1, 0.15) is 5.69 Å². The summed E-state index contributed by atoms with van der Waals surface area (Å²) >= 11 is 0. The molecule has 4 heteroatoms. The molecule has 1 heterocycles. The number of aromatic nitrogens is 1. The summed E-state index contributed by atoms with van der Waals surface area (Å²) in [6.45, 7) is 0. The van der Waals surface area contributed by atoms with Crippen molar-refractivity contribution in [2.24, 2.45) is 0 Å². The third-order valence-electron chi connectivity index (χ3n) is 2.16. The summed E-state index contributed by atoms with van der Waals surface area (Å²) in [7, 11) is 0. The Morgan fingerprint density at radius 3 is 2.19 bits per heavy atom. The summed E-state index contributed by atoms with van der Waals surface area (Å²) in [5.74, 6) is 0. The smallest absolute Gasteiger partial charge is 0.252 e. The van der Waals surface area contributed by atoms with Gasteiger partial charge in [0.15, 0.2) is 0 Å². The van der Waals surface area contributed by atoms with Crippen molar-refractivity contribution in [1.29, 1.82) is 0 Å². The Bertz CT molecular complexity index is 477. The van der Waals surface area contributed by atoms with Crippen LogP contribution in [0.3, 0.4) is 0 Å². The van der Waals surface area contributed by atoms with Crippen molar-refractivity contribution in [1.82, 2.24) is 4.98 Å². The molecule has 0 radical (unpaired) electrons. The standard InChI is InChI=1S/C12H8F3N/c13-12(14,15)11-8-10(6-7-16-11)9-4-2-1-3-5-9/h1-8H. The summed E-state index contributed by atoms with van der Waals surface area (Å²) in [4.78, 5) is 3.31. The molecule has 0 amide bonds. The number of pyridine rings is 1. The normalized spacial score (nSPS) is 11.4. The largest absolute Gasteiger partial charge is 0.433 e. The van der Waals surface area contributed by atoms with E-state index in [0.717, 1.165) is 11.6 Å². The lowest BCUT2D eigenvalue weighted by Crippen LogP contribution is -2.07. The van der Waals surface area contributed by atoms with Gasteiger partial charge < -0.3 is 0 Å². The van der Waals surface area contributed by atoms with Crippen molar-refractivity contribution < 1.29 is 13.2 Å².